The first-order valence-electron chi connectivity index (χ1n) is 6.37. The van der Waals surface area contributed by atoms with E-state index in [2.05, 4.69) is 23.6 Å². The number of furan rings is 1. The fraction of sp³-hybridized carbons (Fsp3) is 0.692. The second-order valence-corrected chi connectivity index (χ2v) is 4.74. The Morgan fingerprint density at radius 3 is 2.71 bits per heavy atom. The van der Waals surface area contributed by atoms with E-state index in [9.17, 15) is 0 Å². The van der Waals surface area contributed by atoms with Gasteiger partial charge in [0.15, 0.2) is 0 Å². The first-order valence-corrected chi connectivity index (χ1v) is 6.37. The fourth-order valence-electron chi connectivity index (χ4n) is 2.50. The van der Waals surface area contributed by atoms with Crippen molar-refractivity contribution >= 4 is 0 Å². The molecule has 1 fully saturated rings. The molecule has 0 aromatic carbocycles. The Balaban J connectivity index is 1.88. The Labute approximate surface area is 103 Å². The number of nitrogens with zero attached hydrogens (tertiary/aromatic N) is 2. The molecule has 1 aliphatic rings. The molecule has 1 saturated heterocycles. The lowest BCUT2D eigenvalue weighted by Crippen LogP contribution is -2.51. The van der Waals surface area contributed by atoms with Crippen LogP contribution in [0.3, 0.4) is 0 Å². The highest BCUT2D eigenvalue weighted by molar-refractivity contribution is 5.06. The van der Waals surface area contributed by atoms with Gasteiger partial charge >= 0.3 is 0 Å². The average Bonchev–Trinajstić information content (AvgIpc) is 2.77. The van der Waals surface area contributed by atoms with E-state index >= 15 is 0 Å². The van der Waals surface area contributed by atoms with Gasteiger partial charge in [0.2, 0.25) is 0 Å². The molecule has 17 heavy (non-hydrogen) atoms. The third-order valence-corrected chi connectivity index (χ3v) is 3.51. The van der Waals surface area contributed by atoms with Gasteiger partial charge < -0.3 is 9.52 Å². The molecule has 96 valence electrons. The van der Waals surface area contributed by atoms with Crippen molar-refractivity contribution in [3.63, 3.8) is 0 Å². The van der Waals surface area contributed by atoms with Crippen LogP contribution in [-0.4, -0.2) is 47.1 Å². The molecule has 4 nitrogen and oxygen atoms in total. The van der Waals surface area contributed by atoms with E-state index in [1.54, 1.807) is 0 Å². The van der Waals surface area contributed by atoms with Gasteiger partial charge in [-0.1, -0.05) is 6.92 Å². The molecule has 2 heterocycles. The van der Waals surface area contributed by atoms with Crippen LogP contribution in [-0.2, 0) is 13.2 Å². The molecular weight excluding hydrogens is 216 g/mol. The van der Waals surface area contributed by atoms with Crippen LogP contribution in [0.2, 0.25) is 0 Å². The lowest BCUT2D eigenvalue weighted by Gasteiger charge is -2.38. The summed E-state index contributed by atoms with van der Waals surface area (Å²) in [5.74, 6) is 1.60. The SMILES string of the molecule is CCN1CCN(Cc2ccc(CO)o2)CC1C. The topological polar surface area (TPSA) is 39.9 Å². The van der Waals surface area contributed by atoms with Crippen molar-refractivity contribution < 1.29 is 9.52 Å². The zero-order valence-corrected chi connectivity index (χ0v) is 10.7. The summed E-state index contributed by atoms with van der Waals surface area (Å²) in [6, 6.07) is 4.42. The zero-order valence-electron chi connectivity index (χ0n) is 10.7. The van der Waals surface area contributed by atoms with Crippen molar-refractivity contribution in [3.8, 4) is 0 Å². The first kappa shape index (κ1) is 12.6. The van der Waals surface area contributed by atoms with Crippen molar-refractivity contribution in [2.75, 3.05) is 26.2 Å². The molecule has 2 rings (SSSR count). The number of hydrogen-bond acceptors (Lipinski definition) is 4. The van der Waals surface area contributed by atoms with Crippen LogP contribution in [0.15, 0.2) is 16.5 Å². The van der Waals surface area contributed by atoms with Gasteiger partial charge in [0.25, 0.3) is 0 Å². The molecule has 0 bridgehead atoms. The largest absolute Gasteiger partial charge is 0.462 e. The smallest absolute Gasteiger partial charge is 0.129 e. The summed E-state index contributed by atoms with van der Waals surface area (Å²) in [5, 5.41) is 8.95. The predicted molar refractivity (Wildman–Crippen MR) is 66.6 cm³/mol. The second kappa shape index (κ2) is 5.67. The summed E-state index contributed by atoms with van der Waals surface area (Å²) in [7, 11) is 0. The van der Waals surface area contributed by atoms with E-state index in [1.165, 1.54) is 0 Å². The molecular formula is C13H22N2O2. The maximum absolute atomic E-state index is 8.95. The monoisotopic (exact) mass is 238 g/mol. The first-order chi connectivity index (χ1) is 8.22. The van der Waals surface area contributed by atoms with Crippen LogP contribution >= 0.6 is 0 Å². The number of aliphatic hydroxyl groups is 1. The van der Waals surface area contributed by atoms with E-state index in [-0.39, 0.29) is 6.61 Å². The van der Waals surface area contributed by atoms with Crippen molar-refractivity contribution in [2.24, 2.45) is 0 Å². The van der Waals surface area contributed by atoms with Gasteiger partial charge in [-0.3, -0.25) is 9.80 Å². The molecule has 0 radical (unpaired) electrons. The van der Waals surface area contributed by atoms with Crippen LogP contribution < -0.4 is 0 Å². The van der Waals surface area contributed by atoms with Gasteiger partial charge in [0, 0.05) is 25.7 Å². The second-order valence-electron chi connectivity index (χ2n) is 4.74. The van der Waals surface area contributed by atoms with Gasteiger partial charge in [-0.15, -0.1) is 0 Å². The Bertz CT molecular complexity index is 351. The maximum Gasteiger partial charge on any atom is 0.129 e. The highest BCUT2D eigenvalue weighted by Gasteiger charge is 2.22. The number of aliphatic hydroxyl groups excluding tert-OH is 1. The number of likely N-dealkylation sites (N-methyl/N-ethyl adjacent to an activating group) is 1. The summed E-state index contributed by atoms with van der Waals surface area (Å²) in [5.41, 5.74) is 0. The molecule has 0 saturated carbocycles. The normalized spacial score (nSPS) is 23.1. The minimum atomic E-state index is -0.0139. The Morgan fingerprint density at radius 1 is 1.35 bits per heavy atom. The lowest BCUT2D eigenvalue weighted by atomic mass is 10.2. The van der Waals surface area contributed by atoms with Crippen molar-refractivity contribution in [3.05, 3.63) is 23.7 Å². The third kappa shape index (κ3) is 3.09. The molecule has 1 atom stereocenters. The summed E-state index contributed by atoms with van der Waals surface area (Å²) in [6.07, 6.45) is 0. The van der Waals surface area contributed by atoms with Gasteiger partial charge in [0.1, 0.15) is 18.1 Å². The lowest BCUT2D eigenvalue weighted by molar-refractivity contribution is 0.0782. The highest BCUT2D eigenvalue weighted by atomic mass is 16.4. The molecule has 0 aliphatic carbocycles. The van der Waals surface area contributed by atoms with Crippen LogP contribution in [0.25, 0.3) is 0 Å². The molecule has 1 aromatic heterocycles. The van der Waals surface area contributed by atoms with Crippen LogP contribution in [0.4, 0.5) is 0 Å². The highest BCUT2D eigenvalue weighted by Crippen LogP contribution is 2.14. The van der Waals surface area contributed by atoms with Gasteiger partial charge in [-0.25, -0.2) is 0 Å². The van der Waals surface area contributed by atoms with Gasteiger partial charge in [-0.05, 0) is 25.6 Å². The van der Waals surface area contributed by atoms with Crippen molar-refractivity contribution in [1.82, 2.24) is 9.80 Å². The summed E-state index contributed by atoms with van der Waals surface area (Å²) in [6.45, 7) is 9.76. The molecule has 0 amide bonds. The predicted octanol–water partition coefficient (Wildman–Crippen LogP) is 1.30. The zero-order chi connectivity index (χ0) is 12.3. The quantitative estimate of drug-likeness (QED) is 0.858. The van der Waals surface area contributed by atoms with Crippen LogP contribution in [0.5, 0.6) is 0 Å². The minimum Gasteiger partial charge on any atom is -0.462 e. The Hall–Kier alpha value is -0.840. The average molecular weight is 238 g/mol. The van der Waals surface area contributed by atoms with E-state index < -0.39 is 0 Å². The minimum absolute atomic E-state index is 0.0139. The van der Waals surface area contributed by atoms with E-state index in [4.69, 9.17) is 9.52 Å². The maximum atomic E-state index is 8.95. The van der Waals surface area contributed by atoms with Crippen LogP contribution in [0.1, 0.15) is 25.4 Å². The summed E-state index contributed by atoms with van der Waals surface area (Å²) in [4.78, 5) is 4.91. The van der Waals surface area contributed by atoms with E-state index in [1.807, 2.05) is 12.1 Å². The van der Waals surface area contributed by atoms with Gasteiger partial charge in [0.05, 0.1) is 6.54 Å². The van der Waals surface area contributed by atoms with Crippen molar-refractivity contribution in [1.29, 1.82) is 0 Å². The van der Waals surface area contributed by atoms with Crippen molar-refractivity contribution in [2.45, 2.75) is 33.0 Å². The summed E-state index contributed by atoms with van der Waals surface area (Å²) < 4.78 is 5.52. The van der Waals surface area contributed by atoms with Gasteiger partial charge in [-0.2, -0.15) is 0 Å². The molecule has 1 aromatic rings. The molecule has 4 heteroatoms. The molecule has 0 spiro atoms. The van der Waals surface area contributed by atoms with E-state index in [0.717, 1.165) is 38.5 Å². The van der Waals surface area contributed by atoms with E-state index in [0.29, 0.717) is 11.8 Å². The number of piperazine rings is 1. The Kier molecular flexibility index (Phi) is 4.20. The molecule has 1 aliphatic heterocycles. The Morgan fingerprint density at radius 2 is 2.12 bits per heavy atom. The third-order valence-electron chi connectivity index (χ3n) is 3.51. The summed E-state index contributed by atoms with van der Waals surface area (Å²) >= 11 is 0. The molecule has 1 N–H and O–H groups in total. The molecule has 1 unspecified atom stereocenters. The van der Waals surface area contributed by atoms with Crippen LogP contribution in [0, 0.1) is 0 Å². The number of hydrogen-bond donors (Lipinski definition) is 1. The fourth-order valence-corrected chi connectivity index (χ4v) is 2.50. The standard InChI is InChI=1S/C13H22N2O2/c1-3-15-7-6-14(8-11(15)2)9-12-4-5-13(10-16)17-12/h4-5,11,16H,3,6-10H2,1-2H3. The number of rotatable bonds is 4.